The first-order valence-electron chi connectivity index (χ1n) is 6.49. The highest BCUT2D eigenvalue weighted by molar-refractivity contribution is 7.89. The van der Waals surface area contributed by atoms with Crippen LogP contribution < -0.4 is 4.72 Å². The van der Waals surface area contributed by atoms with Crippen molar-refractivity contribution in [3.63, 3.8) is 0 Å². The monoisotopic (exact) mass is 314 g/mol. The Balaban J connectivity index is 2.32. The van der Waals surface area contributed by atoms with Crippen molar-refractivity contribution in [2.24, 2.45) is 0 Å². The van der Waals surface area contributed by atoms with Crippen molar-refractivity contribution in [3.05, 3.63) is 35.0 Å². The number of hydrogen-bond acceptors (Lipinski definition) is 2. The molecule has 2 aromatic rings. The number of benzene rings is 1. The fraction of sp³-hybridized carbons (Fsp3) is 0.429. The van der Waals surface area contributed by atoms with E-state index in [1.807, 2.05) is 38.2 Å². The van der Waals surface area contributed by atoms with Gasteiger partial charge < -0.3 is 4.98 Å². The van der Waals surface area contributed by atoms with E-state index in [2.05, 4.69) is 9.71 Å². The molecule has 0 aliphatic rings. The van der Waals surface area contributed by atoms with E-state index < -0.39 is 10.0 Å². The normalized spacial score (nSPS) is 13.0. The van der Waals surface area contributed by atoms with Crippen LogP contribution >= 0.6 is 11.6 Å². The van der Waals surface area contributed by atoms with E-state index in [0.29, 0.717) is 11.6 Å². The van der Waals surface area contributed by atoms with Gasteiger partial charge in [-0.05, 0) is 24.6 Å². The molecule has 2 rings (SSSR count). The number of halogens is 1. The molecule has 1 aromatic carbocycles. The fourth-order valence-electron chi connectivity index (χ4n) is 2.15. The molecule has 110 valence electrons. The third kappa shape index (κ3) is 3.16. The summed E-state index contributed by atoms with van der Waals surface area (Å²) in [5.41, 5.74) is 1.72. The van der Waals surface area contributed by atoms with E-state index >= 15 is 0 Å². The van der Waals surface area contributed by atoms with Gasteiger partial charge in [0.2, 0.25) is 10.0 Å². The lowest BCUT2D eigenvalue weighted by atomic mass is 9.85. The maximum atomic E-state index is 11.6. The fourth-order valence-corrected chi connectivity index (χ4v) is 3.10. The van der Waals surface area contributed by atoms with Crippen molar-refractivity contribution in [1.29, 1.82) is 0 Å². The van der Waals surface area contributed by atoms with Gasteiger partial charge in [0.25, 0.3) is 0 Å². The summed E-state index contributed by atoms with van der Waals surface area (Å²) >= 11 is 5.97. The second-order valence-electron chi connectivity index (χ2n) is 5.50. The lowest BCUT2D eigenvalue weighted by Crippen LogP contribution is -2.37. The van der Waals surface area contributed by atoms with E-state index in [9.17, 15) is 8.42 Å². The molecule has 20 heavy (non-hydrogen) atoms. The van der Waals surface area contributed by atoms with Gasteiger partial charge in [0, 0.05) is 34.1 Å². The standard InChI is InChI=1S/C14H19ClN2O2S/c1-4-20(18,19)17-9-14(2,3)12-8-16-13-7-10(15)5-6-11(12)13/h5-8,16-17H,4,9H2,1-3H3. The van der Waals surface area contributed by atoms with Crippen LogP contribution in [0.25, 0.3) is 10.9 Å². The van der Waals surface area contributed by atoms with Crippen molar-refractivity contribution in [3.8, 4) is 0 Å². The molecule has 0 amide bonds. The van der Waals surface area contributed by atoms with E-state index in [0.717, 1.165) is 16.5 Å². The molecule has 0 radical (unpaired) electrons. The van der Waals surface area contributed by atoms with Crippen LogP contribution in [0, 0.1) is 0 Å². The summed E-state index contributed by atoms with van der Waals surface area (Å²) in [5.74, 6) is 0.0899. The number of aromatic amines is 1. The van der Waals surface area contributed by atoms with Gasteiger partial charge in [-0.3, -0.25) is 0 Å². The highest BCUT2D eigenvalue weighted by Gasteiger charge is 2.25. The summed E-state index contributed by atoms with van der Waals surface area (Å²) in [6.45, 7) is 6.02. The number of hydrogen-bond donors (Lipinski definition) is 2. The smallest absolute Gasteiger partial charge is 0.211 e. The molecule has 0 saturated carbocycles. The summed E-state index contributed by atoms with van der Waals surface area (Å²) in [4.78, 5) is 3.18. The summed E-state index contributed by atoms with van der Waals surface area (Å²) in [6.07, 6.45) is 1.92. The number of aromatic nitrogens is 1. The number of H-pyrrole nitrogens is 1. The third-order valence-electron chi connectivity index (χ3n) is 3.49. The molecular formula is C14H19ClN2O2S. The quantitative estimate of drug-likeness (QED) is 0.891. The Labute approximate surface area is 124 Å². The first-order chi connectivity index (χ1) is 9.25. The Morgan fingerprint density at radius 2 is 2.05 bits per heavy atom. The zero-order chi connectivity index (χ0) is 15.0. The lowest BCUT2D eigenvalue weighted by Gasteiger charge is -2.24. The zero-order valence-electron chi connectivity index (χ0n) is 11.8. The Morgan fingerprint density at radius 1 is 1.35 bits per heavy atom. The molecule has 0 aliphatic carbocycles. The summed E-state index contributed by atoms with van der Waals surface area (Å²) in [5, 5.41) is 1.74. The van der Waals surface area contributed by atoms with Crippen LogP contribution in [-0.4, -0.2) is 25.7 Å². The summed E-state index contributed by atoms with van der Waals surface area (Å²) in [7, 11) is -3.19. The summed E-state index contributed by atoms with van der Waals surface area (Å²) < 4.78 is 25.8. The molecule has 1 heterocycles. The molecular weight excluding hydrogens is 296 g/mol. The Kier molecular flexibility index (Phi) is 4.14. The minimum atomic E-state index is -3.19. The van der Waals surface area contributed by atoms with Gasteiger partial charge in [-0.2, -0.15) is 0 Å². The number of nitrogens with one attached hydrogen (secondary N) is 2. The van der Waals surface area contributed by atoms with Crippen LogP contribution in [0.1, 0.15) is 26.3 Å². The van der Waals surface area contributed by atoms with Gasteiger partial charge in [0.15, 0.2) is 0 Å². The van der Waals surface area contributed by atoms with Gasteiger partial charge in [0.05, 0.1) is 5.75 Å². The average Bonchev–Trinajstić information content (AvgIpc) is 2.80. The maximum Gasteiger partial charge on any atom is 0.211 e. The molecule has 6 heteroatoms. The molecule has 0 spiro atoms. The van der Waals surface area contributed by atoms with Gasteiger partial charge in [0.1, 0.15) is 0 Å². The second kappa shape index (κ2) is 5.39. The lowest BCUT2D eigenvalue weighted by molar-refractivity contribution is 0.505. The van der Waals surface area contributed by atoms with Gasteiger partial charge >= 0.3 is 0 Å². The number of fused-ring (bicyclic) bond motifs is 1. The number of rotatable bonds is 5. The Hall–Kier alpha value is -1.04. The van der Waals surface area contributed by atoms with Crippen molar-refractivity contribution < 1.29 is 8.42 Å². The van der Waals surface area contributed by atoms with E-state index in [4.69, 9.17) is 11.6 Å². The Bertz CT molecular complexity index is 720. The van der Waals surface area contributed by atoms with Crippen molar-refractivity contribution in [1.82, 2.24) is 9.71 Å². The third-order valence-corrected chi connectivity index (χ3v) is 5.07. The topological polar surface area (TPSA) is 62.0 Å². The van der Waals surface area contributed by atoms with Crippen molar-refractivity contribution in [2.75, 3.05) is 12.3 Å². The van der Waals surface area contributed by atoms with E-state index in [1.165, 1.54) is 0 Å². The number of sulfonamides is 1. The van der Waals surface area contributed by atoms with Crippen molar-refractivity contribution >= 4 is 32.5 Å². The predicted molar refractivity (Wildman–Crippen MR) is 83.8 cm³/mol. The minimum absolute atomic E-state index is 0.0899. The molecule has 0 bridgehead atoms. The van der Waals surface area contributed by atoms with Crippen LogP contribution in [0.15, 0.2) is 24.4 Å². The average molecular weight is 315 g/mol. The highest BCUT2D eigenvalue weighted by Crippen LogP contribution is 2.31. The molecule has 0 saturated heterocycles. The van der Waals surface area contributed by atoms with Gasteiger partial charge in [-0.1, -0.05) is 31.5 Å². The van der Waals surface area contributed by atoms with E-state index in [-0.39, 0.29) is 11.2 Å². The molecule has 0 aliphatic heterocycles. The molecule has 1 aromatic heterocycles. The van der Waals surface area contributed by atoms with Crippen LogP contribution in [0.2, 0.25) is 5.02 Å². The predicted octanol–water partition coefficient (Wildman–Crippen LogP) is 3.04. The molecule has 4 nitrogen and oxygen atoms in total. The second-order valence-corrected chi connectivity index (χ2v) is 8.03. The minimum Gasteiger partial charge on any atom is -0.361 e. The SMILES string of the molecule is CCS(=O)(=O)NCC(C)(C)c1c[nH]c2cc(Cl)ccc12. The Morgan fingerprint density at radius 3 is 2.70 bits per heavy atom. The highest BCUT2D eigenvalue weighted by atomic mass is 35.5. The van der Waals surface area contributed by atoms with Crippen molar-refractivity contribution in [2.45, 2.75) is 26.2 Å². The molecule has 2 N–H and O–H groups in total. The molecule has 0 atom stereocenters. The van der Waals surface area contributed by atoms with E-state index in [1.54, 1.807) is 6.92 Å². The zero-order valence-corrected chi connectivity index (χ0v) is 13.4. The molecule has 0 unspecified atom stereocenters. The van der Waals surface area contributed by atoms with Gasteiger partial charge in [-0.15, -0.1) is 0 Å². The van der Waals surface area contributed by atoms with Crippen LogP contribution in [-0.2, 0) is 15.4 Å². The summed E-state index contributed by atoms with van der Waals surface area (Å²) in [6, 6.07) is 5.67. The first kappa shape index (κ1) is 15.4. The van der Waals surface area contributed by atoms with Crippen LogP contribution in [0.4, 0.5) is 0 Å². The van der Waals surface area contributed by atoms with Crippen LogP contribution in [0.3, 0.4) is 0 Å². The van der Waals surface area contributed by atoms with Crippen LogP contribution in [0.5, 0.6) is 0 Å². The molecule has 0 fully saturated rings. The maximum absolute atomic E-state index is 11.6. The first-order valence-corrected chi connectivity index (χ1v) is 8.52. The largest absolute Gasteiger partial charge is 0.361 e. The van der Waals surface area contributed by atoms with Gasteiger partial charge in [-0.25, -0.2) is 13.1 Å².